The molecule has 3 heterocycles. The van der Waals surface area contributed by atoms with Gasteiger partial charge in [0, 0.05) is 39.0 Å². The molecule has 4 rings (SSSR count). The Kier molecular flexibility index (Phi) is 5.43. The minimum atomic E-state index is -0.129. The predicted molar refractivity (Wildman–Crippen MR) is 94.4 cm³/mol. The summed E-state index contributed by atoms with van der Waals surface area (Å²) >= 11 is 0. The van der Waals surface area contributed by atoms with Gasteiger partial charge in [0.2, 0.25) is 12.1 Å². The molecule has 1 aliphatic rings. The van der Waals surface area contributed by atoms with Crippen molar-refractivity contribution < 1.29 is 30.4 Å². The minimum Gasteiger partial charge on any atom is -0.414 e. The van der Waals surface area contributed by atoms with E-state index in [1.54, 1.807) is 10.9 Å². The number of aliphatic imine (C=N–C) groups is 1. The molecule has 3 aromatic rings. The zero-order valence-corrected chi connectivity index (χ0v) is 16.6. The third kappa shape index (κ3) is 3.65. The van der Waals surface area contributed by atoms with Crippen molar-refractivity contribution in [3.63, 3.8) is 0 Å². The number of nitrogens with zero attached hydrogens (tertiary/aromatic N) is 5. The predicted octanol–water partition coefficient (Wildman–Crippen LogP) is 2.58. The van der Waals surface area contributed by atoms with Crippen LogP contribution >= 0.6 is 0 Å². The summed E-state index contributed by atoms with van der Waals surface area (Å²) in [4.78, 5) is 8.93. The molecule has 26 heavy (non-hydrogen) atoms. The third-order valence-corrected chi connectivity index (χ3v) is 3.90. The first-order valence-corrected chi connectivity index (χ1v) is 7.98. The number of hydrogen-bond donors (Lipinski definition) is 0. The fraction of sp³-hybridized carbons (Fsp3) is 0.158. The van der Waals surface area contributed by atoms with Gasteiger partial charge in [-0.05, 0) is 19.1 Å². The first-order chi connectivity index (χ1) is 12.2. The van der Waals surface area contributed by atoms with Crippen LogP contribution in [0.1, 0.15) is 17.4 Å². The summed E-state index contributed by atoms with van der Waals surface area (Å²) in [5.41, 5.74) is 1.93. The minimum absolute atomic E-state index is 0. The van der Waals surface area contributed by atoms with E-state index in [1.165, 1.54) is 0 Å². The number of pyridine rings is 1. The van der Waals surface area contributed by atoms with Crippen molar-refractivity contribution in [3.05, 3.63) is 72.1 Å². The number of hydrogen-bond acceptors (Lipinski definition) is 4. The van der Waals surface area contributed by atoms with E-state index in [4.69, 9.17) is 4.74 Å². The first kappa shape index (κ1) is 18.2. The molecule has 0 fully saturated rings. The molecule has 0 saturated heterocycles. The van der Waals surface area contributed by atoms with Gasteiger partial charge in [-0.2, -0.15) is 35.3 Å². The smallest absolute Gasteiger partial charge is 0.287 e. The maximum Gasteiger partial charge on any atom is 0.287 e. The molecule has 0 radical (unpaired) electrons. The zero-order chi connectivity index (χ0) is 17.2. The Hall–Kier alpha value is -2.59. The van der Waals surface area contributed by atoms with Crippen LogP contribution in [0.4, 0.5) is 0 Å². The van der Waals surface area contributed by atoms with Crippen molar-refractivity contribution >= 4 is 12.1 Å². The van der Waals surface area contributed by atoms with Crippen molar-refractivity contribution in [1.82, 2.24) is 14.8 Å². The maximum atomic E-state index is 5.86. The standard InChI is InChI=1S/C19H17N5O.Pt/c1-14-12-17(22-24(14)16-10-6-7-11-20-16)25-18-13-23(2)19(21-18)15-8-4-3-5-9-15;/h3-8,10-13,19H,1-2H3;. The molecule has 134 valence electrons. The van der Waals surface area contributed by atoms with Gasteiger partial charge in [-0.3, -0.25) is 0 Å². The fourth-order valence-electron chi connectivity index (χ4n) is 2.71. The van der Waals surface area contributed by atoms with Crippen LogP contribution < -0.4 is 4.74 Å². The molecule has 2 aromatic heterocycles. The Morgan fingerprint density at radius 1 is 1.19 bits per heavy atom. The zero-order valence-electron chi connectivity index (χ0n) is 14.3. The third-order valence-electron chi connectivity index (χ3n) is 3.90. The summed E-state index contributed by atoms with van der Waals surface area (Å²) in [5.74, 6) is 1.76. The molecule has 0 bridgehead atoms. The molecular weight excluding hydrogens is 509 g/mol. The van der Waals surface area contributed by atoms with Crippen LogP contribution in [-0.4, -0.2) is 38.5 Å². The van der Waals surface area contributed by atoms with Crippen LogP contribution in [0, 0.1) is 13.0 Å². The van der Waals surface area contributed by atoms with Gasteiger partial charge in [0.25, 0.3) is 12.1 Å². The summed E-state index contributed by atoms with van der Waals surface area (Å²) in [6.45, 7) is 1.96. The molecule has 1 unspecified atom stereocenters. The largest absolute Gasteiger partial charge is 0.414 e. The van der Waals surface area contributed by atoms with E-state index in [9.17, 15) is 0 Å². The summed E-state index contributed by atoms with van der Waals surface area (Å²) in [6, 6.07) is 18.6. The molecule has 6 nitrogen and oxygen atoms in total. The number of rotatable bonds is 3. The van der Waals surface area contributed by atoms with Crippen LogP contribution in [0.3, 0.4) is 0 Å². The average molecular weight is 526 g/mol. The maximum absolute atomic E-state index is 5.86. The first-order valence-electron chi connectivity index (χ1n) is 7.98. The second kappa shape index (κ2) is 7.75. The van der Waals surface area contributed by atoms with E-state index in [-0.39, 0.29) is 27.2 Å². The SMILES string of the molecule is Cc1cc(OC2=NC(c3[c-]cccc3)[N+](C)=C2)nn1-c1ccccn1.[Pt]. The van der Waals surface area contributed by atoms with Crippen LogP contribution in [0.5, 0.6) is 5.88 Å². The molecule has 1 aromatic carbocycles. The van der Waals surface area contributed by atoms with E-state index in [2.05, 4.69) is 21.1 Å². The van der Waals surface area contributed by atoms with E-state index >= 15 is 0 Å². The molecule has 0 N–H and O–H groups in total. The number of ether oxygens (including phenoxy) is 1. The molecule has 0 spiro atoms. The molecular formula is C19H17N5OPt. The van der Waals surface area contributed by atoms with Crippen LogP contribution in [0.15, 0.2) is 59.7 Å². The van der Waals surface area contributed by atoms with Gasteiger partial charge in [-0.25, -0.2) is 14.2 Å². The van der Waals surface area contributed by atoms with Gasteiger partial charge >= 0.3 is 0 Å². The van der Waals surface area contributed by atoms with Gasteiger partial charge < -0.3 is 4.74 Å². The van der Waals surface area contributed by atoms with Crippen molar-refractivity contribution in [2.24, 2.45) is 4.99 Å². The monoisotopic (exact) mass is 526 g/mol. The summed E-state index contributed by atoms with van der Waals surface area (Å²) in [7, 11) is 1.96. The molecule has 7 heteroatoms. The Morgan fingerprint density at radius 2 is 2.04 bits per heavy atom. The number of aromatic nitrogens is 3. The fourth-order valence-corrected chi connectivity index (χ4v) is 2.71. The molecule has 0 saturated carbocycles. The van der Waals surface area contributed by atoms with Gasteiger partial charge in [0.15, 0.2) is 5.82 Å². The van der Waals surface area contributed by atoms with Crippen molar-refractivity contribution in [1.29, 1.82) is 0 Å². The van der Waals surface area contributed by atoms with Crippen molar-refractivity contribution in [2.45, 2.75) is 13.1 Å². The Labute approximate surface area is 166 Å². The molecule has 0 amide bonds. The van der Waals surface area contributed by atoms with Crippen LogP contribution in [-0.2, 0) is 21.1 Å². The second-order valence-electron chi connectivity index (χ2n) is 5.78. The average Bonchev–Trinajstić information content (AvgIpc) is 3.19. The second-order valence-corrected chi connectivity index (χ2v) is 5.78. The quantitative estimate of drug-likeness (QED) is 0.390. The molecule has 1 atom stereocenters. The Balaban J connectivity index is 0.00000196. The number of aryl methyl sites for hydroxylation is 1. The normalized spacial score (nSPS) is 15.8. The Morgan fingerprint density at radius 3 is 2.77 bits per heavy atom. The Bertz CT molecular complexity index is 951. The summed E-state index contributed by atoms with van der Waals surface area (Å²) in [5, 5.41) is 4.47. The van der Waals surface area contributed by atoms with E-state index < -0.39 is 0 Å². The molecule has 1 aliphatic heterocycles. The van der Waals surface area contributed by atoms with Gasteiger partial charge in [-0.1, -0.05) is 11.6 Å². The van der Waals surface area contributed by atoms with Gasteiger partial charge in [0.05, 0.1) is 0 Å². The van der Waals surface area contributed by atoms with Crippen LogP contribution in [0.25, 0.3) is 5.82 Å². The van der Waals surface area contributed by atoms with Crippen LogP contribution in [0.2, 0.25) is 0 Å². The van der Waals surface area contributed by atoms with E-state index in [1.807, 2.05) is 73.3 Å². The number of benzene rings is 1. The van der Waals surface area contributed by atoms with E-state index in [0.29, 0.717) is 11.8 Å². The van der Waals surface area contributed by atoms with E-state index in [0.717, 1.165) is 17.1 Å². The van der Waals surface area contributed by atoms with Crippen molar-refractivity contribution in [2.75, 3.05) is 7.05 Å². The van der Waals surface area contributed by atoms with Gasteiger partial charge in [0.1, 0.15) is 7.05 Å². The van der Waals surface area contributed by atoms with Gasteiger partial charge in [-0.15, -0.1) is 5.10 Å². The topological polar surface area (TPSA) is 55.3 Å². The summed E-state index contributed by atoms with van der Waals surface area (Å²) in [6.07, 6.45) is 3.47. The summed E-state index contributed by atoms with van der Waals surface area (Å²) < 4.78 is 9.60. The molecule has 0 aliphatic carbocycles. The van der Waals surface area contributed by atoms with Crippen molar-refractivity contribution in [3.8, 4) is 11.7 Å².